The van der Waals surface area contributed by atoms with Crippen LogP contribution in [0.3, 0.4) is 0 Å². The third-order valence-corrected chi connectivity index (χ3v) is 10.2. The molecule has 3 aromatic carbocycles. The fraction of sp³-hybridized carbons (Fsp3) is 0.324. The number of carbonyl (C=O) groups excluding carboxylic acids is 2. The zero-order valence-corrected chi connectivity index (χ0v) is 27.3. The van der Waals surface area contributed by atoms with E-state index in [0.29, 0.717) is 22.5 Å². The van der Waals surface area contributed by atoms with Crippen molar-refractivity contribution in [1.82, 2.24) is 9.88 Å². The summed E-state index contributed by atoms with van der Waals surface area (Å²) >= 11 is 0. The molecule has 1 aliphatic heterocycles. The van der Waals surface area contributed by atoms with Gasteiger partial charge in [-0.05, 0) is 60.7 Å². The Morgan fingerprint density at radius 1 is 1.06 bits per heavy atom. The molecule has 13 heteroatoms. The smallest absolute Gasteiger partial charge is 0.311 e. The van der Waals surface area contributed by atoms with Crippen LogP contribution in [-0.4, -0.2) is 63.3 Å². The Balaban J connectivity index is 1.67. The Hall–Kier alpha value is -4.91. The number of halogens is 1. The minimum absolute atomic E-state index is 0.0176. The molecule has 3 atom stereocenters. The number of anilines is 2. The molecule has 3 N–H and O–H groups in total. The highest BCUT2D eigenvalue weighted by atomic mass is 32.2. The Kier molecular flexibility index (Phi) is 9.85. The van der Waals surface area contributed by atoms with E-state index in [0.717, 1.165) is 11.5 Å². The minimum atomic E-state index is -3.76. The van der Waals surface area contributed by atoms with Gasteiger partial charge in [0.1, 0.15) is 17.7 Å². The van der Waals surface area contributed by atoms with Crippen LogP contribution in [0.2, 0.25) is 0 Å². The van der Waals surface area contributed by atoms with E-state index >= 15 is 4.39 Å². The van der Waals surface area contributed by atoms with Crippen LogP contribution >= 0.6 is 0 Å². The lowest BCUT2D eigenvalue weighted by molar-refractivity contribution is -0.149. The Labute approximate surface area is 272 Å². The molecule has 1 aromatic heterocycles. The molecule has 1 aliphatic rings. The van der Waals surface area contributed by atoms with Crippen LogP contribution in [0.1, 0.15) is 43.5 Å². The topological polar surface area (TPSA) is 150 Å². The molecule has 0 unspecified atom stereocenters. The molecule has 0 bridgehead atoms. The summed E-state index contributed by atoms with van der Waals surface area (Å²) < 4.78 is 58.5. The monoisotopic (exact) mass is 664 g/mol. The van der Waals surface area contributed by atoms with E-state index in [1.807, 2.05) is 0 Å². The summed E-state index contributed by atoms with van der Waals surface area (Å²) in [5, 5.41) is 4.62. The number of methoxy groups -OCH3 is 2. The molecule has 248 valence electrons. The van der Waals surface area contributed by atoms with E-state index in [1.54, 1.807) is 55.6 Å². The quantitative estimate of drug-likeness (QED) is 0.208. The number of nitrogens with zero attached hydrogens (tertiary/aromatic N) is 2. The Morgan fingerprint density at radius 3 is 2.49 bits per heavy atom. The number of nitrogens with one attached hydrogen (secondary N) is 1. The van der Waals surface area contributed by atoms with Crippen LogP contribution in [0.5, 0.6) is 11.5 Å². The number of nitrogens with two attached hydrogens (primary N) is 1. The van der Waals surface area contributed by atoms with Gasteiger partial charge in [0.2, 0.25) is 5.91 Å². The standard InChI is InChI=1S/C34H37FN4O7S/c1-5-46-34(41)24-14-16-39(31(24)23-9-7-8-10-29(23)47(42,43)6-2)33(40)30(25-18-27(44-3)28(45-4)19-26(25)35)38-21-11-12-22-20(17-21)13-15-37-32(22)36/h7-13,15,17-19,24,30-31,38H,5-6,14,16H2,1-4H3,(H2,36,37)/t24-,30+,31-/m0/s1. The molecular weight excluding hydrogens is 627 g/mol. The van der Waals surface area contributed by atoms with E-state index in [-0.39, 0.29) is 47.3 Å². The third-order valence-electron chi connectivity index (χ3n) is 8.39. The van der Waals surface area contributed by atoms with Gasteiger partial charge >= 0.3 is 5.97 Å². The van der Waals surface area contributed by atoms with Crippen LogP contribution in [0.25, 0.3) is 10.8 Å². The van der Waals surface area contributed by atoms with E-state index in [1.165, 1.54) is 38.2 Å². The first-order valence-electron chi connectivity index (χ1n) is 15.2. The molecule has 11 nitrogen and oxygen atoms in total. The molecular formula is C34H37FN4O7S. The number of rotatable bonds is 11. The van der Waals surface area contributed by atoms with Gasteiger partial charge in [-0.2, -0.15) is 0 Å². The summed E-state index contributed by atoms with van der Waals surface area (Å²) in [6.07, 6.45) is 1.77. The van der Waals surface area contributed by atoms with Crippen molar-refractivity contribution in [2.75, 3.05) is 44.2 Å². The molecule has 0 saturated carbocycles. The molecule has 1 saturated heterocycles. The van der Waals surface area contributed by atoms with Crippen molar-refractivity contribution >= 4 is 44.0 Å². The Bertz CT molecular complexity index is 1920. The maximum Gasteiger partial charge on any atom is 0.311 e. The highest BCUT2D eigenvalue weighted by Gasteiger charge is 2.46. The second-order valence-electron chi connectivity index (χ2n) is 11.0. The number of hydrogen-bond acceptors (Lipinski definition) is 10. The van der Waals surface area contributed by atoms with Crippen LogP contribution in [0, 0.1) is 11.7 Å². The summed E-state index contributed by atoms with van der Waals surface area (Å²) in [5.41, 5.74) is 6.76. The predicted octanol–water partition coefficient (Wildman–Crippen LogP) is 5.07. The van der Waals surface area contributed by atoms with Gasteiger partial charge < -0.3 is 30.2 Å². The molecule has 2 heterocycles. The van der Waals surface area contributed by atoms with E-state index in [4.69, 9.17) is 19.9 Å². The average molecular weight is 665 g/mol. The van der Waals surface area contributed by atoms with E-state index in [9.17, 15) is 18.0 Å². The largest absolute Gasteiger partial charge is 0.493 e. The number of amides is 1. The SMILES string of the molecule is CCOC(=O)[C@H]1CCN(C(=O)[C@H](Nc2ccc3c(N)nccc3c2)c2cc(OC)c(OC)cc2F)[C@H]1c1ccccc1S(=O)(=O)CC. The van der Waals surface area contributed by atoms with Gasteiger partial charge in [-0.3, -0.25) is 9.59 Å². The van der Waals surface area contributed by atoms with Crippen molar-refractivity contribution < 1.29 is 36.6 Å². The van der Waals surface area contributed by atoms with Crippen LogP contribution in [0.4, 0.5) is 15.9 Å². The van der Waals surface area contributed by atoms with E-state index in [2.05, 4.69) is 10.3 Å². The molecule has 1 amide bonds. The number of sulfone groups is 1. The van der Waals surface area contributed by atoms with Gasteiger partial charge in [-0.25, -0.2) is 17.8 Å². The first kappa shape index (κ1) is 33.5. The summed E-state index contributed by atoms with van der Waals surface area (Å²) in [6.45, 7) is 3.39. The van der Waals surface area contributed by atoms with E-state index < -0.39 is 45.5 Å². The van der Waals surface area contributed by atoms with Crippen LogP contribution in [0.15, 0.2) is 71.8 Å². The number of nitrogen functional groups attached to an aromatic ring is 1. The van der Waals surface area contributed by atoms with Crippen LogP contribution < -0.4 is 20.5 Å². The second kappa shape index (κ2) is 13.8. The predicted molar refractivity (Wildman–Crippen MR) is 175 cm³/mol. The van der Waals surface area contributed by atoms with Gasteiger partial charge in [0.15, 0.2) is 21.3 Å². The number of aromatic nitrogens is 1. The first-order chi connectivity index (χ1) is 22.5. The maximum absolute atomic E-state index is 15.9. The highest BCUT2D eigenvalue weighted by Crippen LogP contribution is 2.43. The minimum Gasteiger partial charge on any atom is -0.493 e. The fourth-order valence-corrected chi connectivity index (χ4v) is 7.22. The van der Waals surface area contributed by atoms with Crippen molar-refractivity contribution in [1.29, 1.82) is 0 Å². The normalized spacial score (nSPS) is 16.9. The van der Waals surface area contributed by atoms with Crippen molar-refractivity contribution in [2.45, 2.75) is 37.2 Å². The van der Waals surface area contributed by atoms with Gasteiger partial charge in [-0.1, -0.05) is 25.1 Å². The third kappa shape index (κ3) is 6.53. The van der Waals surface area contributed by atoms with Crippen LogP contribution in [-0.2, 0) is 24.2 Å². The number of likely N-dealkylation sites (tertiary alicyclic amines) is 1. The maximum atomic E-state index is 15.9. The highest BCUT2D eigenvalue weighted by molar-refractivity contribution is 7.91. The Morgan fingerprint density at radius 2 is 1.79 bits per heavy atom. The first-order valence-corrected chi connectivity index (χ1v) is 16.8. The summed E-state index contributed by atoms with van der Waals surface area (Å²) in [6, 6.07) is 13.5. The average Bonchev–Trinajstić information content (AvgIpc) is 3.52. The summed E-state index contributed by atoms with van der Waals surface area (Å²) in [5.74, 6) is -2.27. The van der Waals surface area contributed by atoms with Gasteiger partial charge in [0.25, 0.3) is 0 Å². The molecule has 5 rings (SSSR count). The van der Waals surface area contributed by atoms with Crippen molar-refractivity contribution in [3.05, 3.63) is 83.8 Å². The lowest BCUT2D eigenvalue weighted by Crippen LogP contribution is -2.40. The zero-order valence-electron chi connectivity index (χ0n) is 26.5. The molecule has 0 aliphatic carbocycles. The molecule has 1 fully saturated rings. The number of pyridine rings is 1. The lowest BCUT2D eigenvalue weighted by Gasteiger charge is -2.33. The number of carbonyl (C=O) groups is 2. The number of esters is 1. The zero-order chi connectivity index (χ0) is 33.9. The molecule has 0 radical (unpaired) electrons. The number of hydrogen-bond donors (Lipinski definition) is 2. The van der Waals surface area contributed by atoms with Crippen molar-refractivity contribution in [2.24, 2.45) is 5.92 Å². The number of ether oxygens (including phenoxy) is 3. The lowest BCUT2D eigenvalue weighted by atomic mass is 9.93. The van der Waals surface area contributed by atoms with Crippen molar-refractivity contribution in [3.63, 3.8) is 0 Å². The summed E-state index contributed by atoms with van der Waals surface area (Å²) in [4.78, 5) is 33.7. The number of benzene rings is 3. The van der Waals surface area contributed by atoms with Gasteiger partial charge in [-0.15, -0.1) is 0 Å². The molecule has 4 aromatic rings. The van der Waals surface area contributed by atoms with Crippen molar-refractivity contribution in [3.8, 4) is 11.5 Å². The molecule has 47 heavy (non-hydrogen) atoms. The second-order valence-corrected chi connectivity index (χ2v) is 13.2. The van der Waals surface area contributed by atoms with Gasteiger partial charge in [0, 0.05) is 35.4 Å². The summed E-state index contributed by atoms with van der Waals surface area (Å²) in [7, 11) is -0.982. The van der Waals surface area contributed by atoms with Gasteiger partial charge in [0.05, 0.1) is 43.4 Å². The molecule has 0 spiro atoms. The number of fused-ring (bicyclic) bond motifs is 1. The fourth-order valence-electron chi connectivity index (χ4n) is 6.07.